The van der Waals surface area contributed by atoms with Crippen LogP contribution in [-0.4, -0.2) is 23.0 Å². The normalized spacial score (nSPS) is 17.4. The quantitative estimate of drug-likeness (QED) is 0.0669. The third-order valence-electron chi connectivity index (χ3n) is 15.2. The third kappa shape index (κ3) is 14.8. The molecule has 1 fully saturated rings. The Bertz CT molecular complexity index is 3480. The van der Waals surface area contributed by atoms with Crippen LogP contribution in [0, 0.1) is 5.92 Å². The first-order valence-corrected chi connectivity index (χ1v) is 27.3. The minimum atomic E-state index is -1.07. The van der Waals surface area contributed by atoms with Gasteiger partial charge in [0.05, 0.1) is 0 Å². The number of aldehydes is 1. The van der Waals surface area contributed by atoms with Crippen LogP contribution >= 0.6 is 0 Å². The lowest BCUT2D eigenvalue weighted by molar-refractivity contribution is 0.0647. The topological polar surface area (TPSA) is 71.4 Å². The largest absolute Gasteiger partial charge is 0.380 e. The van der Waals surface area contributed by atoms with E-state index in [0.717, 1.165) is 51.7 Å². The first kappa shape index (κ1) is 56.8. The molecule has 4 nitrogen and oxygen atoms in total. The van der Waals surface area contributed by atoms with E-state index in [2.05, 4.69) is 117 Å². The van der Waals surface area contributed by atoms with Gasteiger partial charge in [0.15, 0.2) is 11.6 Å². The van der Waals surface area contributed by atoms with E-state index in [0.29, 0.717) is 0 Å². The molecule has 0 aromatic heterocycles. The zero-order valence-electron chi connectivity index (χ0n) is 45.4. The lowest BCUT2D eigenvalue weighted by Crippen LogP contribution is -2.38. The summed E-state index contributed by atoms with van der Waals surface area (Å²) in [6, 6.07) is 100. The van der Waals surface area contributed by atoms with Gasteiger partial charge in [0.2, 0.25) is 0 Å². The van der Waals surface area contributed by atoms with Crippen molar-refractivity contribution in [1.29, 1.82) is 0 Å². The Labute approximate surface area is 474 Å². The molecule has 0 aliphatic heterocycles. The molecule has 398 valence electrons. The van der Waals surface area contributed by atoms with E-state index in [-0.39, 0.29) is 42.1 Å². The molecule has 0 spiro atoms. The first-order valence-electron chi connectivity index (χ1n) is 27.3. The number of benzene rings is 10. The predicted octanol–water partition coefficient (Wildman–Crippen LogP) is 18.1. The van der Waals surface area contributed by atoms with Crippen LogP contribution in [0.3, 0.4) is 0 Å². The summed E-state index contributed by atoms with van der Waals surface area (Å²) < 4.78 is 0. The van der Waals surface area contributed by atoms with Crippen LogP contribution in [0.1, 0.15) is 109 Å². The molecule has 0 radical (unpaired) electrons. The fourth-order valence-corrected chi connectivity index (χ4v) is 10.8. The SMILES string of the molecule is CC(c1ccccc1)C(O)(C=Cc1ccccc1)c1ccccc1.CC1(c2ccccc2)C(c2ccccc2)CC(c2ccccc2)C1C(=O)c1ccccc1.O=C(/C=C/c1ccccc1)c1ccccc1.O=Cc1ccccc1.[HH]. The number of ketones is 2. The number of allylic oxidation sites excluding steroid dienone is 1. The average molecular weight is 1050 g/mol. The molecular formula is C76H70O4. The number of aliphatic hydroxyl groups is 1. The van der Waals surface area contributed by atoms with Gasteiger partial charge in [-0.3, -0.25) is 14.4 Å². The highest BCUT2D eigenvalue weighted by Crippen LogP contribution is 2.61. The second kappa shape index (κ2) is 28.9. The van der Waals surface area contributed by atoms with Gasteiger partial charge >= 0.3 is 0 Å². The Balaban J connectivity index is 0.000000170. The van der Waals surface area contributed by atoms with Gasteiger partial charge in [-0.2, -0.15) is 0 Å². The van der Waals surface area contributed by atoms with Gasteiger partial charge < -0.3 is 5.11 Å². The van der Waals surface area contributed by atoms with Gasteiger partial charge in [0.1, 0.15) is 11.9 Å². The standard InChI is InChI=1S/C31H28O.C23H22O.C15H12O.C7H6O.H2/c1-31(26-20-12-5-13-21-26)28(24-16-8-3-9-17-24)22-27(23-14-6-2-7-15-23)29(31)30(32)25-18-10-4-11-19-25;1-19(21-13-7-3-8-14-21)23(24,22-15-9-4-10-16-22)18-17-20-11-5-2-6-12-20;16-15(14-9-5-2-6-10-14)12-11-13-7-3-1-4-8-13;8-6-7-4-2-1-3-5-7;/h2-21,27-29H,22H2,1H3;2-19,24H,1H3;1-12H;1-6H;1H/b;;12-11+;;. The smallest absolute Gasteiger partial charge is 0.185 e. The molecule has 6 atom stereocenters. The van der Waals surface area contributed by atoms with E-state index in [4.69, 9.17) is 0 Å². The number of Topliss-reactive ketones (excluding diaryl/α,β-unsaturated/α-hetero) is 1. The van der Waals surface area contributed by atoms with E-state index in [1.807, 2.05) is 206 Å². The molecule has 10 aromatic rings. The zero-order valence-corrected chi connectivity index (χ0v) is 45.4. The van der Waals surface area contributed by atoms with E-state index < -0.39 is 5.60 Å². The lowest BCUT2D eigenvalue weighted by atomic mass is 9.63. The maximum Gasteiger partial charge on any atom is 0.185 e. The van der Waals surface area contributed by atoms with Crippen molar-refractivity contribution in [2.75, 3.05) is 0 Å². The minimum absolute atomic E-state index is 0. The van der Waals surface area contributed by atoms with Gasteiger partial charge in [-0.25, -0.2) is 0 Å². The molecule has 6 unspecified atom stereocenters. The average Bonchev–Trinajstić information content (AvgIpc) is 4.06. The molecule has 11 rings (SSSR count). The molecule has 0 heterocycles. The Hall–Kier alpha value is -9.35. The monoisotopic (exact) mass is 1050 g/mol. The van der Waals surface area contributed by atoms with Crippen molar-refractivity contribution in [3.05, 3.63) is 371 Å². The van der Waals surface area contributed by atoms with Crippen molar-refractivity contribution >= 4 is 30.0 Å². The number of rotatable bonds is 14. The van der Waals surface area contributed by atoms with Crippen molar-refractivity contribution < 1.29 is 20.9 Å². The van der Waals surface area contributed by atoms with Crippen molar-refractivity contribution in [2.45, 2.75) is 49.0 Å². The van der Waals surface area contributed by atoms with Crippen LogP contribution in [0.4, 0.5) is 0 Å². The summed E-state index contributed by atoms with van der Waals surface area (Å²) in [6.45, 7) is 4.38. The summed E-state index contributed by atoms with van der Waals surface area (Å²) in [4.78, 5) is 35.9. The number of carbonyl (C=O) groups is 3. The highest BCUT2D eigenvalue weighted by atomic mass is 16.3. The number of hydrogen-bond donors (Lipinski definition) is 1. The predicted molar refractivity (Wildman–Crippen MR) is 332 cm³/mol. The van der Waals surface area contributed by atoms with Crippen molar-refractivity contribution in [2.24, 2.45) is 5.92 Å². The maximum absolute atomic E-state index is 14.2. The first-order chi connectivity index (χ1) is 39.2. The van der Waals surface area contributed by atoms with Crippen LogP contribution in [0.15, 0.2) is 315 Å². The van der Waals surface area contributed by atoms with Crippen molar-refractivity contribution in [1.82, 2.24) is 0 Å². The van der Waals surface area contributed by atoms with E-state index in [1.54, 1.807) is 18.2 Å². The fraction of sp³-hybridized carbons (Fsp3) is 0.118. The molecule has 80 heavy (non-hydrogen) atoms. The molecule has 1 aliphatic carbocycles. The fourth-order valence-electron chi connectivity index (χ4n) is 10.8. The molecule has 1 aliphatic rings. The van der Waals surface area contributed by atoms with Crippen LogP contribution in [0.5, 0.6) is 0 Å². The second-order valence-electron chi connectivity index (χ2n) is 20.1. The Morgan fingerprint density at radius 1 is 0.487 bits per heavy atom. The summed E-state index contributed by atoms with van der Waals surface area (Å²) >= 11 is 0. The van der Waals surface area contributed by atoms with Crippen LogP contribution in [0.2, 0.25) is 0 Å². The van der Waals surface area contributed by atoms with Crippen LogP contribution in [0.25, 0.3) is 12.2 Å². The number of hydrogen-bond acceptors (Lipinski definition) is 4. The highest BCUT2D eigenvalue weighted by molar-refractivity contribution is 6.06. The van der Waals surface area contributed by atoms with Crippen LogP contribution in [-0.2, 0) is 11.0 Å². The summed E-state index contributed by atoms with van der Waals surface area (Å²) in [7, 11) is 0. The molecule has 1 saturated carbocycles. The third-order valence-corrected chi connectivity index (χ3v) is 15.2. The highest BCUT2D eigenvalue weighted by Gasteiger charge is 2.56. The summed E-state index contributed by atoms with van der Waals surface area (Å²) in [6.07, 6.45) is 9.12. The molecule has 1 N–H and O–H groups in total. The Morgan fingerprint density at radius 3 is 1.35 bits per heavy atom. The number of carbonyl (C=O) groups excluding carboxylic acids is 3. The Morgan fingerprint density at radius 2 is 0.875 bits per heavy atom. The molecule has 0 amide bonds. The van der Waals surface area contributed by atoms with E-state index in [1.165, 1.54) is 16.7 Å². The molecule has 10 aromatic carbocycles. The molecule has 0 saturated heterocycles. The van der Waals surface area contributed by atoms with Gasteiger partial charge in [0.25, 0.3) is 0 Å². The van der Waals surface area contributed by atoms with Crippen molar-refractivity contribution in [3.8, 4) is 0 Å². The lowest BCUT2D eigenvalue weighted by Gasteiger charge is -2.38. The van der Waals surface area contributed by atoms with Crippen LogP contribution < -0.4 is 0 Å². The van der Waals surface area contributed by atoms with E-state index in [9.17, 15) is 19.5 Å². The van der Waals surface area contributed by atoms with Crippen molar-refractivity contribution in [3.63, 3.8) is 0 Å². The summed E-state index contributed by atoms with van der Waals surface area (Å²) in [5, 5.41) is 11.6. The zero-order chi connectivity index (χ0) is 55.8. The van der Waals surface area contributed by atoms with Gasteiger partial charge in [-0.1, -0.05) is 329 Å². The van der Waals surface area contributed by atoms with Gasteiger partial charge in [0, 0.05) is 35.4 Å². The summed E-state index contributed by atoms with van der Waals surface area (Å²) in [5.41, 5.74) is 8.77. The summed E-state index contributed by atoms with van der Waals surface area (Å²) in [5.74, 6) is 0.447. The molecule has 0 bridgehead atoms. The van der Waals surface area contributed by atoms with Gasteiger partial charge in [-0.05, 0) is 69.4 Å². The maximum atomic E-state index is 14.2. The Kier molecular flexibility index (Phi) is 20.5. The second-order valence-corrected chi connectivity index (χ2v) is 20.1. The minimum Gasteiger partial charge on any atom is -0.380 e. The van der Waals surface area contributed by atoms with E-state index >= 15 is 0 Å². The van der Waals surface area contributed by atoms with Gasteiger partial charge in [-0.15, -0.1) is 0 Å². The molecule has 4 heteroatoms. The molecular weight excluding hydrogens is 977 g/mol.